The van der Waals surface area contributed by atoms with Crippen LogP contribution in [-0.2, 0) is 20.1 Å². The van der Waals surface area contributed by atoms with Gasteiger partial charge in [0.2, 0.25) is 0 Å². The number of piperidine rings is 1. The fourth-order valence-electron chi connectivity index (χ4n) is 3.75. The summed E-state index contributed by atoms with van der Waals surface area (Å²) >= 11 is 1.75. The maximum atomic E-state index is 4.48. The van der Waals surface area contributed by atoms with E-state index in [9.17, 15) is 0 Å². The van der Waals surface area contributed by atoms with Crippen molar-refractivity contribution >= 4 is 11.3 Å². The van der Waals surface area contributed by atoms with Crippen molar-refractivity contribution in [2.75, 3.05) is 13.1 Å². The molecule has 0 unspecified atom stereocenters. The molecule has 7 heteroatoms. The zero-order valence-corrected chi connectivity index (χ0v) is 13.7. The summed E-state index contributed by atoms with van der Waals surface area (Å²) < 4.78 is 1.88. The number of hydrogen-bond donors (Lipinski definition) is 1. The Kier molecular flexibility index (Phi) is 3.71. The van der Waals surface area contributed by atoms with Gasteiger partial charge in [0.15, 0.2) is 0 Å². The largest absolute Gasteiger partial charge is 0.317 e. The van der Waals surface area contributed by atoms with E-state index in [4.69, 9.17) is 0 Å². The molecule has 4 rings (SSSR count). The lowest BCUT2D eigenvalue weighted by atomic mass is 9.93. The van der Waals surface area contributed by atoms with E-state index >= 15 is 0 Å². The highest BCUT2D eigenvalue weighted by atomic mass is 32.1. The maximum Gasteiger partial charge on any atom is 0.107 e. The van der Waals surface area contributed by atoms with Gasteiger partial charge in [0.25, 0.3) is 0 Å². The van der Waals surface area contributed by atoms with Crippen LogP contribution in [0.25, 0.3) is 0 Å². The fraction of sp³-hybridized carbons (Fsp3) is 0.667. The molecule has 1 N–H and O–H groups in total. The second-order valence-electron chi connectivity index (χ2n) is 6.51. The van der Waals surface area contributed by atoms with Crippen LogP contribution in [0.15, 0.2) is 17.8 Å². The van der Waals surface area contributed by atoms with Crippen LogP contribution < -0.4 is 5.32 Å². The van der Waals surface area contributed by atoms with Crippen molar-refractivity contribution in [1.29, 1.82) is 0 Å². The van der Waals surface area contributed by atoms with E-state index in [1.807, 2.05) is 24.1 Å². The van der Waals surface area contributed by atoms with E-state index in [0.29, 0.717) is 11.5 Å². The Bertz CT molecular complexity index is 616. The molecular formula is C15H22N6S. The number of nitrogens with one attached hydrogen (secondary N) is 1. The number of aryl methyl sites for hydroxylation is 1. The van der Waals surface area contributed by atoms with Gasteiger partial charge in [-0.15, -0.1) is 16.4 Å². The molecule has 2 aromatic rings. The molecule has 118 valence electrons. The van der Waals surface area contributed by atoms with E-state index in [2.05, 4.69) is 30.9 Å². The Morgan fingerprint density at radius 2 is 2.27 bits per heavy atom. The molecule has 1 saturated carbocycles. The zero-order chi connectivity index (χ0) is 15.0. The molecule has 3 heterocycles. The van der Waals surface area contributed by atoms with Gasteiger partial charge in [-0.3, -0.25) is 9.58 Å². The van der Waals surface area contributed by atoms with Gasteiger partial charge in [-0.05, 0) is 37.8 Å². The molecule has 0 aromatic carbocycles. The van der Waals surface area contributed by atoms with Gasteiger partial charge in [0, 0.05) is 31.2 Å². The highest BCUT2D eigenvalue weighted by Gasteiger charge is 2.56. The first kappa shape index (κ1) is 14.3. The monoisotopic (exact) mass is 318 g/mol. The number of nitrogens with zero attached hydrogens (tertiary/aromatic N) is 5. The minimum Gasteiger partial charge on any atom is -0.317 e. The smallest absolute Gasteiger partial charge is 0.107 e. The number of thiazole rings is 1. The van der Waals surface area contributed by atoms with Crippen molar-refractivity contribution in [2.24, 2.45) is 12.5 Å². The van der Waals surface area contributed by atoms with Crippen molar-refractivity contribution in [1.82, 2.24) is 30.2 Å². The molecule has 0 amide bonds. The summed E-state index contributed by atoms with van der Waals surface area (Å²) in [5.74, 6) is 0. The lowest BCUT2D eigenvalue weighted by Gasteiger charge is -2.29. The molecule has 1 aliphatic heterocycles. The van der Waals surface area contributed by atoms with E-state index in [1.54, 1.807) is 11.3 Å². The number of aromatic nitrogens is 4. The summed E-state index contributed by atoms with van der Waals surface area (Å²) in [5, 5.41) is 14.8. The fourth-order valence-corrected chi connectivity index (χ4v) is 4.39. The highest BCUT2D eigenvalue weighted by Crippen LogP contribution is 2.56. The third-order valence-electron chi connectivity index (χ3n) is 5.18. The van der Waals surface area contributed by atoms with Crippen LogP contribution in [0, 0.1) is 5.41 Å². The van der Waals surface area contributed by atoms with Crippen LogP contribution in [0.4, 0.5) is 0 Å². The van der Waals surface area contributed by atoms with Crippen molar-refractivity contribution < 1.29 is 0 Å². The molecular weight excluding hydrogens is 296 g/mol. The average Bonchev–Trinajstić information content (AvgIpc) is 2.90. The normalized spacial score (nSPS) is 23.3. The van der Waals surface area contributed by atoms with Crippen LogP contribution in [0.3, 0.4) is 0 Å². The second-order valence-corrected chi connectivity index (χ2v) is 7.49. The quantitative estimate of drug-likeness (QED) is 0.903. The van der Waals surface area contributed by atoms with Crippen LogP contribution in [0.2, 0.25) is 0 Å². The summed E-state index contributed by atoms with van der Waals surface area (Å²) in [4.78, 5) is 7.06. The minimum absolute atomic E-state index is 0.536. The topological polar surface area (TPSA) is 58.9 Å². The Morgan fingerprint density at radius 3 is 2.95 bits per heavy atom. The van der Waals surface area contributed by atoms with Gasteiger partial charge < -0.3 is 5.32 Å². The molecule has 2 aliphatic rings. The highest BCUT2D eigenvalue weighted by molar-refractivity contribution is 7.09. The summed E-state index contributed by atoms with van der Waals surface area (Å²) in [6.07, 6.45) is 7.71. The molecule has 2 fully saturated rings. The third-order valence-corrected chi connectivity index (χ3v) is 5.95. The Morgan fingerprint density at radius 1 is 1.41 bits per heavy atom. The Hall–Kier alpha value is -1.31. The van der Waals surface area contributed by atoms with E-state index in [-0.39, 0.29) is 0 Å². The summed E-state index contributed by atoms with van der Waals surface area (Å²) in [5.41, 5.74) is 1.71. The molecule has 1 saturated heterocycles. The molecule has 0 radical (unpaired) electrons. The second kappa shape index (κ2) is 5.72. The average molecular weight is 318 g/mol. The maximum absolute atomic E-state index is 4.48. The molecule has 2 aromatic heterocycles. The number of hydrogen-bond acceptors (Lipinski definition) is 6. The predicted octanol–water partition coefficient (Wildman–Crippen LogP) is 1.42. The van der Waals surface area contributed by atoms with Crippen molar-refractivity contribution in [3.63, 3.8) is 0 Å². The lowest BCUT2D eigenvalue weighted by Crippen LogP contribution is -2.36. The summed E-state index contributed by atoms with van der Waals surface area (Å²) in [7, 11) is 1.97. The Balaban J connectivity index is 1.52. The molecule has 1 atom stereocenters. The molecule has 22 heavy (non-hydrogen) atoms. The van der Waals surface area contributed by atoms with Crippen molar-refractivity contribution in [3.05, 3.63) is 28.5 Å². The zero-order valence-electron chi connectivity index (χ0n) is 12.9. The molecule has 1 spiro atoms. The molecule has 0 bridgehead atoms. The first-order valence-corrected chi connectivity index (χ1v) is 8.81. The SMILES string of the molecule is Cn1nncc1CN(Cc1nccs1)[C@@H]1CC12CCNCC2. The van der Waals surface area contributed by atoms with Crippen molar-refractivity contribution in [2.45, 2.75) is 38.4 Å². The predicted molar refractivity (Wildman–Crippen MR) is 85.3 cm³/mol. The first-order valence-electron chi connectivity index (χ1n) is 7.94. The van der Waals surface area contributed by atoms with Gasteiger partial charge in [0.05, 0.1) is 18.4 Å². The van der Waals surface area contributed by atoms with Crippen LogP contribution in [0.5, 0.6) is 0 Å². The third kappa shape index (κ3) is 2.68. The van der Waals surface area contributed by atoms with Crippen LogP contribution >= 0.6 is 11.3 Å². The van der Waals surface area contributed by atoms with Crippen LogP contribution in [0.1, 0.15) is 30.0 Å². The van der Waals surface area contributed by atoms with Crippen LogP contribution in [-0.4, -0.2) is 44.0 Å². The van der Waals surface area contributed by atoms with Gasteiger partial charge in [0.1, 0.15) is 5.01 Å². The first-order chi connectivity index (χ1) is 10.8. The summed E-state index contributed by atoms with van der Waals surface area (Å²) in [6, 6.07) is 0.674. The Labute approximate surface area is 134 Å². The number of rotatable bonds is 5. The van der Waals surface area contributed by atoms with Gasteiger partial charge >= 0.3 is 0 Å². The lowest BCUT2D eigenvalue weighted by molar-refractivity contribution is 0.184. The van der Waals surface area contributed by atoms with Crippen molar-refractivity contribution in [3.8, 4) is 0 Å². The van der Waals surface area contributed by atoms with E-state index in [1.165, 1.54) is 30.0 Å². The van der Waals surface area contributed by atoms with E-state index < -0.39 is 0 Å². The van der Waals surface area contributed by atoms with Gasteiger partial charge in [-0.1, -0.05) is 5.21 Å². The molecule has 6 nitrogen and oxygen atoms in total. The standard InChI is InChI=1S/C15H22N6S/c1-20-12(9-18-19-20)10-21(11-14-17-6-7-22-14)13-8-15(13)2-4-16-5-3-15/h6-7,9,13,16H,2-5,8,10-11H2,1H3/t13-/m1/s1. The van der Waals surface area contributed by atoms with E-state index in [0.717, 1.165) is 26.2 Å². The summed E-state index contributed by atoms with van der Waals surface area (Å²) in [6.45, 7) is 4.16. The minimum atomic E-state index is 0.536. The van der Waals surface area contributed by atoms with Gasteiger partial charge in [-0.2, -0.15) is 0 Å². The molecule has 1 aliphatic carbocycles. The van der Waals surface area contributed by atoms with Gasteiger partial charge in [-0.25, -0.2) is 4.98 Å².